The van der Waals surface area contributed by atoms with Gasteiger partial charge in [0, 0.05) is 0 Å². The molecule has 0 saturated carbocycles. The summed E-state index contributed by atoms with van der Waals surface area (Å²) in [7, 11) is 0. The van der Waals surface area contributed by atoms with Crippen LogP contribution in [0.1, 0.15) is 104 Å². The number of hydrogen-bond acceptors (Lipinski definition) is 3. The molecule has 0 unspecified atom stereocenters. The molecule has 0 amide bonds. The third-order valence-electron chi connectivity index (χ3n) is 4.00. The lowest BCUT2D eigenvalue weighted by atomic mass is 10.1. The molecule has 0 aliphatic carbocycles. The zero-order chi connectivity index (χ0) is 17.2. The van der Waals surface area contributed by atoms with E-state index in [1.807, 2.05) is 0 Å². The summed E-state index contributed by atoms with van der Waals surface area (Å²) in [6, 6.07) is 0. The van der Waals surface area contributed by atoms with E-state index in [0.29, 0.717) is 13.2 Å². The summed E-state index contributed by atoms with van der Waals surface area (Å²) in [6.45, 7) is 2.52. The molecule has 140 valence electrons. The van der Waals surface area contributed by atoms with Gasteiger partial charge < -0.3 is 13.9 Å². The molecule has 0 spiro atoms. The van der Waals surface area contributed by atoms with E-state index in [2.05, 4.69) is 13.8 Å². The van der Waals surface area contributed by atoms with Crippen LogP contribution >= 0.6 is 6.72 Å². The second-order valence-corrected chi connectivity index (χ2v) is 9.22. The highest BCUT2D eigenvalue weighted by Crippen LogP contribution is 2.43. The molecule has 0 aromatic carbocycles. The van der Waals surface area contributed by atoms with Gasteiger partial charge in [0.25, 0.3) is 0 Å². The van der Waals surface area contributed by atoms with Gasteiger partial charge in [-0.15, -0.1) is 0 Å². The van der Waals surface area contributed by atoms with Gasteiger partial charge in [0.05, 0.1) is 13.2 Å². The first-order chi connectivity index (χ1) is 11.1. The molecular weight excluding hydrogens is 327 g/mol. The third kappa shape index (κ3) is 18.7. The minimum Gasteiger partial charge on any atom is -0.324 e. The lowest BCUT2D eigenvalue weighted by Gasteiger charge is -2.15. The van der Waals surface area contributed by atoms with E-state index in [9.17, 15) is 4.89 Å². The van der Waals surface area contributed by atoms with Crippen LogP contribution in [0.15, 0.2) is 0 Å². The number of hydrogen-bond donors (Lipinski definition) is 1. The molecular formula is C18H39O3PS. The summed E-state index contributed by atoms with van der Waals surface area (Å²) in [4.78, 5) is 9.94. The number of unbranched alkanes of at least 4 members (excludes halogenated alkanes) is 12. The Morgan fingerprint density at radius 1 is 0.609 bits per heavy atom. The fraction of sp³-hybridized carbons (Fsp3) is 1.00. The Kier molecular flexibility index (Phi) is 17.8. The lowest BCUT2D eigenvalue weighted by molar-refractivity contribution is 0.190. The van der Waals surface area contributed by atoms with Gasteiger partial charge in [0.15, 0.2) is 0 Å². The normalized spacial score (nSPS) is 12.0. The van der Waals surface area contributed by atoms with E-state index in [-0.39, 0.29) is 0 Å². The SMILES string of the molecule is CCCCCCCCCOP(O)(=S)OCCCCCCCCC. The topological polar surface area (TPSA) is 38.7 Å². The first-order valence-corrected chi connectivity index (χ1v) is 12.3. The molecule has 0 rings (SSSR count). The Balaban J connectivity index is 3.35. The maximum atomic E-state index is 9.94. The maximum absolute atomic E-state index is 9.94. The Morgan fingerprint density at radius 2 is 0.913 bits per heavy atom. The smallest absolute Gasteiger partial charge is 0.324 e. The van der Waals surface area contributed by atoms with Crippen molar-refractivity contribution in [2.75, 3.05) is 13.2 Å². The van der Waals surface area contributed by atoms with E-state index in [1.54, 1.807) is 0 Å². The molecule has 0 saturated heterocycles. The van der Waals surface area contributed by atoms with Crippen molar-refractivity contribution in [3.8, 4) is 0 Å². The zero-order valence-electron chi connectivity index (χ0n) is 15.4. The monoisotopic (exact) mass is 366 g/mol. The first-order valence-electron chi connectivity index (χ1n) is 9.74. The van der Waals surface area contributed by atoms with Gasteiger partial charge in [0.2, 0.25) is 0 Å². The van der Waals surface area contributed by atoms with E-state index in [4.69, 9.17) is 20.9 Å². The second kappa shape index (κ2) is 17.4. The molecule has 0 aromatic rings. The highest BCUT2D eigenvalue weighted by molar-refractivity contribution is 8.07. The molecule has 1 N–H and O–H groups in total. The molecule has 0 aliphatic rings. The average Bonchev–Trinajstić information content (AvgIpc) is 2.52. The van der Waals surface area contributed by atoms with Gasteiger partial charge in [0.1, 0.15) is 0 Å². The van der Waals surface area contributed by atoms with Crippen molar-refractivity contribution in [3.05, 3.63) is 0 Å². The van der Waals surface area contributed by atoms with E-state index in [0.717, 1.165) is 25.7 Å². The Labute approximate surface area is 149 Å². The van der Waals surface area contributed by atoms with Crippen molar-refractivity contribution in [3.63, 3.8) is 0 Å². The fourth-order valence-corrected chi connectivity index (χ4v) is 3.76. The minimum absolute atomic E-state index is 0.526. The molecule has 0 atom stereocenters. The van der Waals surface area contributed by atoms with Gasteiger partial charge in [-0.2, -0.15) is 0 Å². The third-order valence-corrected chi connectivity index (χ3v) is 5.65. The maximum Gasteiger partial charge on any atom is 0.324 e. The summed E-state index contributed by atoms with van der Waals surface area (Å²) in [6.07, 6.45) is 17.2. The van der Waals surface area contributed by atoms with Crippen LogP contribution in [0.3, 0.4) is 0 Å². The molecule has 0 aromatic heterocycles. The molecule has 3 nitrogen and oxygen atoms in total. The van der Waals surface area contributed by atoms with Crippen molar-refractivity contribution in [2.45, 2.75) is 104 Å². The van der Waals surface area contributed by atoms with Gasteiger partial charge in [-0.3, -0.25) is 0 Å². The van der Waals surface area contributed by atoms with Crippen LogP contribution in [-0.2, 0) is 20.9 Å². The summed E-state index contributed by atoms with van der Waals surface area (Å²) in [5, 5.41) is 0. The molecule has 23 heavy (non-hydrogen) atoms. The highest BCUT2D eigenvalue weighted by atomic mass is 32.5. The molecule has 0 radical (unpaired) electrons. The van der Waals surface area contributed by atoms with Gasteiger partial charge in [-0.25, -0.2) is 0 Å². The Morgan fingerprint density at radius 3 is 1.26 bits per heavy atom. The number of rotatable bonds is 18. The van der Waals surface area contributed by atoms with Crippen LogP contribution in [-0.4, -0.2) is 18.1 Å². The summed E-state index contributed by atoms with van der Waals surface area (Å²) in [5.41, 5.74) is 0. The van der Waals surface area contributed by atoms with Crippen LogP contribution in [0.5, 0.6) is 0 Å². The van der Waals surface area contributed by atoms with Crippen molar-refractivity contribution in [1.82, 2.24) is 0 Å². The standard InChI is InChI=1S/C18H39O3PS/c1-3-5-7-9-11-13-15-17-20-22(19,23)21-18-16-14-12-10-8-6-4-2/h3-18H2,1-2H3,(H,19,23). The summed E-state index contributed by atoms with van der Waals surface area (Å²) >= 11 is 5.04. The zero-order valence-corrected chi connectivity index (χ0v) is 17.1. The van der Waals surface area contributed by atoms with E-state index in [1.165, 1.54) is 64.2 Å². The highest BCUT2D eigenvalue weighted by Gasteiger charge is 2.13. The van der Waals surface area contributed by atoms with Gasteiger partial charge >= 0.3 is 6.72 Å². The largest absolute Gasteiger partial charge is 0.324 e. The Hall–Kier alpha value is 0.530. The van der Waals surface area contributed by atoms with Crippen LogP contribution in [0.25, 0.3) is 0 Å². The quantitative estimate of drug-likeness (QED) is 0.215. The predicted molar refractivity (Wildman–Crippen MR) is 104 cm³/mol. The molecule has 5 heteroatoms. The molecule has 0 heterocycles. The van der Waals surface area contributed by atoms with Crippen LogP contribution < -0.4 is 0 Å². The minimum atomic E-state index is -2.99. The second-order valence-electron chi connectivity index (χ2n) is 6.38. The molecule has 0 aliphatic heterocycles. The van der Waals surface area contributed by atoms with E-state index >= 15 is 0 Å². The van der Waals surface area contributed by atoms with Gasteiger partial charge in [-0.05, 0) is 24.6 Å². The van der Waals surface area contributed by atoms with Crippen LogP contribution in [0.4, 0.5) is 0 Å². The van der Waals surface area contributed by atoms with Crippen LogP contribution in [0, 0.1) is 0 Å². The van der Waals surface area contributed by atoms with Gasteiger partial charge in [-0.1, -0.05) is 90.9 Å². The van der Waals surface area contributed by atoms with Crippen LogP contribution in [0.2, 0.25) is 0 Å². The van der Waals surface area contributed by atoms with Crippen molar-refractivity contribution in [2.24, 2.45) is 0 Å². The lowest BCUT2D eigenvalue weighted by Crippen LogP contribution is -1.99. The van der Waals surface area contributed by atoms with E-state index < -0.39 is 6.72 Å². The molecule has 0 fully saturated rings. The summed E-state index contributed by atoms with van der Waals surface area (Å²) in [5.74, 6) is 0. The van der Waals surface area contributed by atoms with Crippen molar-refractivity contribution in [1.29, 1.82) is 0 Å². The Bertz CT molecular complexity index is 263. The first kappa shape index (κ1) is 23.5. The molecule has 0 bridgehead atoms. The average molecular weight is 367 g/mol. The summed E-state index contributed by atoms with van der Waals surface area (Å²) < 4.78 is 10.8. The fourth-order valence-electron chi connectivity index (χ4n) is 2.52. The predicted octanol–water partition coefficient (Wildman–Crippen LogP) is 6.74. The van der Waals surface area contributed by atoms with Crippen molar-refractivity contribution < 1.29 is 13.9 Å². The van der Waals surface area contributed by atoms with Crippen molar-refractivity contribution >= 4 is 18.5 Å².